The number of thioether (sulfide) groups is 1. The second kappa shape index (κ2) is 5.34. The van der Waals surface area contributed by atoms with E-state index in [4.69, 9.17) is 5.84 Å². The summed E-state index contributed by atoms with van der Waals surface area (Å²) in [5.41, 5.74) is 2.54. The molecule has 1 aliphatic rings. The number of rotatable bonds is 1. The molecule has 1 heterocycles. The first-order valence-electron chi connectivity index (χ1n) is 4.57. The van der Waals surface area contributed by atoms with Crippen LogP contribution in [0.4, 0.5) is 0 Å². The molecule has 4 N–H and O–H groups in total. The Labute approximate surface area is 83.7 Å². The minimum atomic E-state index is 0.510. The minimum absolute atomic E-state index is 0.510. The number of nitrogens with zero attached hydrogens (tertiary/aromatic N) is 1. The highest BCUT2D eigenvalue weighted by atomic mass is 32.2. The molecule has 0 aliphatic carbocycles. The van der Waals surface area contributed by atoms with Crippen molar-refractivity contribution in [3.63, 3.8) is 0 Å². The molecule has 0 aromatic rings. The van der Waals surface area contributed by atoms with E-state index in [1.54, 1.807) is 7.05 Å². The zero-order valence-corrected chi connectivity index (χ0v) is 9.03. The molecule has 0 radical (unpaired) electrons. The fourth-order valence-corrected chi connectivity index (χ4v) is 2.47. The van der Waals surface area contributed by atoms with Gasteiger partial charge in [0.15, 0.2) is 0 Å². The molecule has 0 saturated carbocycles. The zero-order valence-electron chi connectivity index (χ0n) is 8.21. The quantitative estimate of drug-likeness (QED) is 0.248. The Morgan fingerprint density at radius 2 is 2.31 bits per heavy atom. The number of hydrogen-bond acceptors (Lipinski definition) is 3. The summed E-state index contributed by atoms with van der Waals surface area (Å²) in [6.45, 7) is 2.27. The number of guanidine groups is 1. The van der Waals surface area contributed by atoms with E-state index in [1.165, 1.54) is 12.8 Å². The summed E-state index contributed by atoms with van der Waals surface area (Å²) >= 11 is 2.00. The summed E-state index contributed by atoms with van der Waals surface area (Å²) in [6, 6.07) is 0.510. The van der Waals surface area contributed by atoms with Crippen LogP contribution >= 0.6 is 11.8 Å². The monoisotopic (exact) mass is 202 g/mol. The fourth-order valence-electron chi connectivity index (χ4n) is 1.36. The highest BCUT2D eigenvalue weighted by molar-refractivity contribution is 7.99. The second-order valence-electron chi connectivity index (χ2n) is 3.28. The summed E-state index contributed by atoms with van der Waals surface area (Å²) in [5, 5.41) is 4.07. The molecule has 0 spiro atoms. The topological polar surface area (TPSA) is 62.4 Å². The van der Waals surface area contributed by atoms with Gasteiger partial charge in [-0.15, -0.1) is 0 Å². The maximum Gasteiger partial charge on any atom is 0.205 e. The van der Waals surface area contributed by atoms with E-state index in [0.29, 0.717) is 12.0 Å². The van der Waals surface area contributed by atoms with Gasteiger partial charge in [-0.1, -0.05) is 6.92 Å². The van der Waals surface area contributed by atoms with Crippen molar-refractivity contribution in [3.8, 4) is 0 Å². The maximum atomic E-state index is 5.28. The molecule has 1 fully saturated rings. The van der Waals surface area contributed by atoms with Crippen LogP contribution in [0, 0.1) is 0 Å². The third kappa shape index (κ3) is 3.44. The van der Waals surface area contributed by atoms with Crippen LogP contribution in [-0.2, 0) is 0 Å². The molecule has 76 valence electrons. The van der Waals surface area contributed by atoms with Gasteiger partial charge >= 0.3 is 0 Å². The van der Waals surface area contributed by atoms with E-state index in [2.05, 4.69) is 22.7 Å². The Hall–Kier alpha value is -0.420. The number of aliphatic imine (C=N–C) groups is 1. The van der Waals surface area contributed by atoms with Crippen molar-refractivity contribution >= 4 is 17.7 Å². The van der Waals surface area contributed by atoms with Gasteiger partial charge in [-0.2, -0.15) is 11.8 Å². The predicted molar refractivity (Wildman–Crippen MR) is 58.8 cm³/mol. The lowest BCUT2D eigenvalue weighted by Crippen LogP contribution is -2.48. The highest BCUT2D eigenvalue weighted by Crippen LogP contribution is 2.24. The minimum Gasteiger partial charge on any atom is -0.352 e. The fraction of sp³-hybridized carbons (Fsp3) is 0.875. The third-order valence-corrected chi connectivity index (χ3v) is 3.60. The van der Waals surface area contributed by atoms with Gasteiger partial charge in [0.05, 0.1) is 0 Å². The first-order chi connectivity index (χ1) is 6.26. The average Bonchev–Trinajstić information content (AvgIpc) is 2.17. The van der Waals surface area contributed by atoms with Crippen molar-refractivity contribution in [1.29, 1.82) is 0 Å². The molecule has 0 aromatic carbocycles. The SMILES string of the molecule is CN=C(NN)NC1CCC(C)SC1. The Morgan fingerprint density at radius 1 is 1.54 bits per heavy atom. The maximum absolute atomic E-state index is 5.28. The number of nitrogens with one attached hydrogen (secondary N) is 2. The van der Waals surface area contributed by atoms with Crippen LogP contribution in [-0.4, -0.2) is 30.1 Å². The predicted octanol–water partition coefficient (Wildman–Crippen LogP) is 0.309. The molecule has 0 amide bonds. The molecular weight excluding hydrogens is 184 g/mol. The smallest absolute Gasteiger partial charge is 0.205 e. The molecule has 1 rings (SSSR count). The standard InChI is InChI=1S/C8H18N4S/c1-6-3-4-7(5-13-6)11-8(10-2)12-9/h6-7H,3-5,9H2,1-2H3,(H2,10,11,12). The van der Waals surface area contributed by atoms with E-state index in [-0.39, 0.29) is 0 Å². The first-order valence-corrected chi connectivity index (χ1v) is 5.62. The number of hydrogen-bond donors (Lipinski definition) is 3. The molecular formula is C8H18N4S. The molecule has 1 aliphatic heterocycles. The van der Waals surface area contributed by atoms with E-state index in [1.807, 2.05) is 11.8 Å². The van der Waals surface area contributed by atoms with E-state index >= 15 is 0 Å². The van der Waals surface area contributed by atoms with Crippen LogP contribution in [0.15, 0.2) is 4.99 Å². The highest BCUT2D eigenvalue weighted by Gasteiger charge is 2.18. The zero-order chi connectivity index (χ0) is 9.68. The van der Waals surface area contributed by atoms with E-state index in [9.17, 15) is 0 Å². The van der Waals surface area contributed by atoms with Crippen molar-refractivity contribution in [2.45, 2.75) is 31.1 Å². The van der Waals surface area contributed by atoms with Gasteiger partial charge in [0.1, 0.15) is 0 Å². The van der Waals surface area contributed by atoms with Crippen LogP contribution in [0.1, 0.15) is 19.8 Å². The third-order valence-electron chi connectivity index (χ3n) is 2.20. The van der Waals surface area contributed by atoms with Gasteiger partial charge in [0, 0.05) is 24.1 Å². The normalized spacial score (nSPS) is 29.9. The number of hydrazine groups is 1. The molecule has 0 aromatic heterocycles. The van der Waals surface area contributed by atoms with E-state index in [0.717, 1.165) is 11.0 Å². The molecule has 13 heavy (non-hydrogen) atoms. The molecule has 2 unspecified atom stereocenters. The van der Waals surface area contributed by atoms with Gasteiger partial charge in [-0.3, -0.25) is 10.4 Å². The first kappa shape index (κ1) is 10.7. The summed E-state index contributed by atoms with van der Waals surface area (Å²) in [6.07, 6.45) is 2.47. The summed E-state index contributed by atoms with van der Waals surface area (Å²) < 4.78 is 0. The van der Waals surface area contributed by atoms with Crippen molar-refractivity contribution < 1.29 is 0 Å². The lowest BCUT2D eigenvalue weighted by molar-refractivity contribution is 0.556. The Kier molecular flexibility index (Phi) is 4.38. The largest absolute Gasteiger partial charge is 0.352 e. The number of nitrogens with two attached hydrogens (primary N) is 1. The Bertz CT molecular complexity index is 175. The Balaban J connectivity index is 2.29. The van der Waals surface area contributed by atoms with Gasteiger partial charge in [-0.25, -0.2) is 5.84 Å². The van der Waals surface area contributed by atoms with Crippen LogP contribution in [0.25, 0.3) is 0 Å². The van der Waals surface area contributed by atoms with Crippen LogP contribution in [0.3, 0.4) is 0 Å². The molecule has 2 atom stereocenters. The second-order valence-corrected chi connectivity index (χ2v) is 4.75. The van der Waals surface area contributed by atoms with Crippen molar-refractivity contribution in [1.82, 2.24) is 10.7 Å². The van der Waals surface area contributed by atoms with Crippen LogP contribution < -0.4 is 16.6 Å². The summed E-state index contributed by atoms with van der Waals surface area (Å²) in [4.78, 5) is 3.98. The van der Waals surface area contributed by atoms with Crippen molar-refractivity contribution in [3.05, 3.63) is 0 Å². The summed E-state index contributed by atoms with van der Waals surface area (Å²) in [5.74, 6) is 7.10. The van der Waals surface area contributed by atoms with Crippen molar-refractivity contribution in [2.75, 3.05) is 12.8 Å². The van der Waals surface area contributed by atoms with Gasteiger partial charge in [0.25, 0.3) is 0 Å². The van der Waals surface area contributed by atoms with Gasteiger partial charge in [0.2, 0.25) is 5.96 Å². The lowest BCUT2D eigenvalue weighted by Gasteiger charge is -2.27. The molecule has 4 nitrogen and oxygen atoms in total. The lowest BCUT2D eigenvalue weighted by atomic mass is 10.1. The van der Waals surface area contributed by atoms with Gasteiger partial charge in [-0.05, 0) is 12.8 Å². The van der Waals surface area contributed by atoms with Gasteiger partial charge < -0.3 is 5.32 Å². The molecule has 0 bridgehead atoms. The van der Waals surface area contributed by atoms with Crippen molar-refractivity contribution in [2.24, 2.45) is 10.8 Å². The molecule has 5 heteroatoms. The Morgan fingerprint density at radius 3 is 2.77 bits per heavy atom. The summed E-state index contributed by atoms with van der Waals surface area (Å²) in [7, 11) is 1.72. The van der Waals surface area contributed by atoms with Crippen LogP contribution in [0.2, 0.25) is 0 Å². The van der Waals surface area contributed by atoms with E-state index < -0.39 is 0 Å². The average molecular weight is 202 g/mol. The van der Waals surface area contributed by atoms with Crippen LogP contribution in [0.5, 0.6) is 0 Å². The molecule has 1 saturated heterocycles.